The highest BCUT2D eigenvalue weighted by Gasteiger charge is 2.35. The van der Waals surface area contributed by atoms with Crippen LogP contribution in [0.1, 0.15) is 160 Å². The molecular weight excluding hydrogens is 538 g/mol. The molecule has 0 aromatic heterocycles. The van der Waals surface area contributed by atoms with E-state index < -0.39 is 10.0 Å². The van der Waals surface area contributed by atoms with Crippen molar-refractivity contribution in [2.24, 2.45) is 16.7 Å². The summed E-state index contributed by atoms with van der Waals surface area (Å²) in [7, 11) is -2.94. The predicted molar refractivity (Wildman–Crippen MR) is 190 cm³/mol. The molecule has 0 spiro atoms. The molecule has 0 heterocycles. The highest BCUT2D eigenvalue weighted by Crippen LogP contribution is 2.36. The molecule has 250 valence electrons. The second-order valence-electron chi connectivity index (χ2n) is 14.6. The second kappa shape index (κ2) is 22.4. The van der Waals surface area contributed by atoms with Gasteiger partial charge in [0.1, 0.15) is 0 Å². The first-order chi connectivity index (χ1) is 19.0. The summed E-state index contributed by atoms with van der Waals surface area (Å²) in [5.41, 5.74) is 3.77. The molecule has 1 fully saturated rings. The summed E-state index contributed by atoms with van der Waals surface area (Å²) in [5, 5.41) is -0.0881. The van der Waals surface area contributed by atoms with Crippen molar-refractivity contribution in [3.63, 3.8) is 0 Å². The maximum Gasteiger partial charge on any atom is 0.214 e. The molecule has 42 heavy (non-hydrogen) atoms. The minimum absolute atomic E-state index is 0.0330. The number of hydrogen-bond donors (Lipinski definition) is 1. The average molecular weight is 612 g/mol. The largest absolute Gasteiger partial charge is 0.375 e. The van der Waals surface area contributed by atoms with Crippen LogP contribution in [0.15, 0.2) is 36.4 Å². The number of sulfonamides is 1. The number of benzene rings is 1. The molecule has 0 aliphatic heterocycles. The van der Waals surface area contributed by atoms with E-state index >= 15 is 0 Å². The molecule has 1 aliphatic carbocycles. The van der Waals surface area contributed by atoms with E-state index in [4.69, 9.17) is 4.74 Å². The van der Waals surface area contributed by atoms with Crippen LogP contribution in [0.4, 0.5) is 0 Å². The number of rotatable bonds is 9. The molecule has 1 aliphatic rings. The molecule has 1 aromatic rings. The lowest BCUT2D eigenvalue weighted by Crippen LogP contribution is -2.32. The third-order valence-electron chi connectivity index (χ3n) is 6.90. The van der Waals surface area contributed by atoms with Crippen molar-refractivity contribution < 1.29 is 13.2 Å². The van der Waals surface area contributed by atoms with E-state index in [0.717, 1.165) is 19.4 Å². The Morgan fingerprint density at radius 2 is 1.21 bits per heavy atom. The molecule has 0 saturated heterocycles. The lowest BCUT2D eigenvalue weighted by molar-refractivity contribution is 0.102. The van der Waals surface area contributed by atoms with E-state index in [0.29, 0.717) is 34.7 Å². The summed E-state index contributed by atoms with van der Waals surface area (Å²) >= 11 is 0. The molecule has 0 radical (unpaired) electrons. The minimum atomic E-state index is -2.94. The first-order valence-corrected chi connectivity index (χ1v) is 17.9. The highest BCUT2D eigenvalue weighted by atomic mass is 32.2. The third kappa shape index (κ3) is 25.3. The normalized spacial score (nSPS) is 13.7. The van der Waals surface area contributed by atoms with Gasteiger partial charge >= 0.3 is 0 Å². The summed E-state index contributed by atoms with van der Waals surface area (Å²) in [6.07, 6.45) is 6.24. The van der Waals surface area contributed by atoms with Crippen LogP contribution in [-0.2, 0) is 14.8 Å². The lowest BCUT2D eigenvalue weighted by Gasteiger charge is -2.34. The van der Waals surface area contributed by atoms with Gasteiger partial charge in [0.05, 0.1) is 18.0 Å². The van der Waals surface area contributed by atoms with Crippen molar-refractivity contribution in [1.29, 1.82) is 0 Å². The van der Waals surface area contributed by atoms with Gasteiger partial charge in [0, 0.05) is 6.04 Å². The number of allylic oxidation sites excluding steroid dienone is 1. The number of ether oxygens (including phenoxy) is 1. The van der Waals surface area contributed by atoms with E-state index in [1.54, 1.807) is 0 Å². The summed E-state index contributed by atoms with van der Waals surface area (Å²) in [6, 6.07) is 8.91. The van der Waals surface area contributed by atoms with E-state index in [1.807, 2.05) is 41.5 Å². The van der Waals surface area contributed by atoms with Gasteiger partial charge in [-0.1, -0.05) is 133 Å². The van der Waals surface area contributed by atoms with Gasteiger partial charge in [0.2, 0.25) is 10.0 Å². The molecule has 2 rings (SSSR count). The Morgan fingerprint density at radius 3 is 1.48 bits per heavy atom. The highest BCUT2D eigenvalue weighted by molar-refractivity contribution is 7.90. The van der Waals surface area contributed by atoms with Crippen LogP contribution >= 0.6 is 0 Å². The first-order valence-electron chi connectivity index (χ1n) is 16.4. The van der Waals surface area contributed by atoms with Crippen LogP contribution in [0, 0.1) is 16.7 Å². The van der Waals surface area contributed by atoms with Gasteiger partial charge in [-0.05, 0) is 80.2 Å². The summed E-state index contributed by atoms with van der Waals surface area (Å²) in [6.45, 7) is 39.4. The average Bonchev–Trinajstić information content (AvgIpc) is 3.69. The fourth-order valence-electron chi connectivity index (χ4n) is 2.66. The lowest BCUT2D eigenvalue weighted by atomic mass is 9.71. The summed E-state index contributed by atoms with van der Waals surface area (Å²) in [4.78, 5) is 0. The van der Waals surface area contributed by atoms with Gasteiger partial charge in [-0.3, -0.25) is 0 Å². The third-order valence-corrected chi connectivity index (χ3v) is 9.05. The predicted octanol–water partition coefficient (Wildman–Crippen LogP) is 11.1. The number of nitrogens with one attached hydrogen (secondary N) is 1. The Hall–Kier alpha value is -1.17. The molecule has 0 unspecified atom stereocenters. The van der Waals surface area contributed by atoms with Crippen molar-refractivity contribution in [2.75, 3.05) is 6.61 Å². The van der Waals surface area contributed by atoms with Crippen molar-refractivity contribution >= 4 is 10.0 Å². The van der Waals surface area contributed by atoms with E-state index in [1.165, 1.54) is 11.1 Å². The van der Waals surface area contributed by atoms with Gasteiger partial charge < -0.3 is 4.74 Å². The number of hydrogen-bond acceptors (Lipinski definition) is 3. The molecule has 0 bridgehead atoms. The molecule has 4 nitrogen and oxygen atoms in total. The van der Waals surface area contributed by atoms with Crippen LogP contribution in [0.25, 0.3) is 0 Å². The van der Waals surface area contributed by atoms with Crippen LogP contribution in [0.2, 0.25) is 0 Å². The Bertz CT molecular complexity index is 876. The zero-order chi connectivity index (χ0) is 33.9. The second-order valence-corrected chi connectivity index (χ2v) is 16.5. The molecular formula is C37H73NO3S. The van der Waals surface area contributed by atoms with Gasteiger partial charge in [-0.25, -0.2) is 13.1 Å². The van der Waals surface area contributed by atoms with Crippen LogP contribution in [0.5, 0.6) is 0 Å². The van der Waals surface area contributed by atoms with Gasteiger partial charge in [0.15, 0.2) is 0 Å². The maximum atomic E-state index is 11.1. The van der Waals surface area contributed by atoms with Crippen LogP contribution in [0.3, 0.4) is 0 Å². The van der Waals surface area contributed by atoms with E-state index in [9.17, 15) is 8.42 Å². The molecule has 1 saturated carbocycles. The molecule has 5 heteroatoms. The van der Waals surface area contributed by atoms with Gasteiger partial charge in [-0.15, -0.1) is 0 Å². The quantitative estimate of drug-likeness (QED) is 0.283. The topological polar surface area (TPSA) is 55.4 Å². The summed E-state index contributed by atoms with van der Waals surface area (Å²) < 4.78 is 30.0. The smallest absolute Gasteiger partial charge is 0.214 e. The molecule has 0 atom stereocenters. The fraction of sp³-hybridized carbons (Fsp3) is 0.784. The van der Waals surface area contributed by atoms with Crippen LogP contribution < -0.4 is 4.72 Å². The van der Waals surface area contributed by atoms with E-state index in [-0.39, 0.29) is 11.3 Å². The van der Waals surface area contributed by atoms with Crippen molar-refractivity contribution in [3.05, 3.63) is 47.5 Å². The zero-order valence-electron chi connectivity index (χ0n) is 31.2. The zero-order valence-corrected chi connectivity index (χ0v) is 32.0. The van der Waals surface area contributed by atoms with Crippen molar-refractivity contribution in [2.45, 2.75) is 167 Å². The van der Waals surface area contributed by atoms with Crippen molar-refractivity contribution in [1.82, 2.24) is 4.72 Å². The van der Waals surface area contributed by atoms with E-state index in [2.05, 4.69) is 124 Å². The SMILES string of the molecule is CC.CC(C)(C)C(C)(C)C.CC(C)/C=C/COC(C)C.CC(C)NS(=O)(=O)C1CC1.CC(C)c1cccc(C(C)C)c1. The molecule has 1 aromatic carbocycles. The Kier molecular flexibility index (Phi) is 24.1. The Morgan fingerprint density at radius 1 is 0.810 bits per heavy atom. The Balaban J connectivity index is -0.000000478. The summed E-state index contributed by atoms with van der Waals surface area (Å²) in [5.74, 6) is 1.92. The molecule has 0 amide bonds. The fourth-order valence-corrected chi connectivity index (χ4v) is 4.26. The standard InChI is InChI=1S/C12H18.C9H18O.C8H18.C6H13NO2S.C2H6/c1-9(2)11-6-5-7-12(8-11)10(3)4;1-8(2)6-5-7-10-9(3)4;1-7(2,3)8(4,5)6;1-5(2)7-10(8,9)6-3-4-6;1-2/h5-10H,1-4H3;5-6,8-9H,7H2,1-4H3;1-6H3;5-7H,3-4H2,1-2H3;1-2H3/b;6-5+;;;. The first kappa shape index (κ1) is 45.3. The minimum Gasteiger partial charge on any atom is -0.375 e. The Labute approximate surface area is 264 Å². The monoisotopic (exact) mass is 612 g/mol. The van der Waals surface area contributed by atoms with Crippen LogP contribution in [-0.4, -0.2) is 32.4 Å². The van der Waals surface area contributed by atoms with Gasteiger partial charge in [0.25, 0.3) is 0 Å². The maximum absolute atomic E-state index is 11.1. The molecule has 1 N–H and O–H groups in total. The van der Waals surface area contributed by atoms with Gasteiger partial charge in [-0.2, -0.15) is 0 Å². The van der Waals surface area contributed by atoms with Crippen molar-refractivity contribution in [3.8, 4) is 0 Å².